The average Bonchev–Trinajstić information content (AvgIpc) is 2.97. The topological polar surface area (TPSA) is 56.1 Å². The van der Waals surface area contributed by atoms with Crippen LogP contribution in [0.4, 0.5) is 0 Å². The molecule has 2 rings (SSSR count). The molecule has 0 radical (unpaired) electrons. The summed E-state index contributed by atoms with van der Waals surface area (Å²) in [6, 6.07) is 5.45. The van der Waals surface area contributed by atoms with Gasteiger partial charge in [0.05, 0.1) is 23.2 Å². The van der Waals surface area contributed by atoms with Crippen LogP contribution in [0.25, 0.3) is 0 Å². The number of nitrogens with one attached hydrogen (secondary N) is 1. The Hall–Kier alpha value is -1.66. The first kappa shape index (κ1) is 13.8. The Morgan fingerprint density at radius 3 is 2.84 bits per heavy atom. The van der Waals surface area contributed by atoms with Crippen LogP contribution in [0.15, 0.2) is 24.4 Å². The van der Waals surface area contributed by atoms with E-state index < -0.39 is 0 Å². The zero-order valence-electron chi connectivity index (χ0n) is 11.2. The predicted octanol–water partition coefficient (Wildman–Crippen LogP) is 1.91. The molecule has 0 aliphatic rings. The van der Waals surface area contributed by atoms with Crippen LogP contribution in [0, 0.1) is 6.92 Å². The van der Waals surface area contributed by atoms with Gasteiger partial charge >= 0.3 is 0 Å². The molecule has 0 fully saturated rings. The van der Waals surface area contributed by atoms with E-state index in [0.717, 1.165) is 10.6 Å². The van der Waals surface area contributed by atoms with Crippen molar-refractivity contribution in [3.05, 3.63) is 39.8 Å². The van der Waals surface area contributed by atoms with Gasteiger partial charge in [0, 0.05) is 25.2 Å². The van der Waals surface area contributed by atoms with Crippen molar-refractivity contribution in [1.29, 1.82) is 0 Å². The standard InChI is InChI=1S/C13H17N3O2S/c1-9-4-5-12(19-9)13(17)15-10(8-18-3)11-6-7-14-16(11)2/h4-7,10H,8H2,1-3H3,(H,15,17)/t10-/m1/s1. The van der Waals surface area contributed by atoms with Crippen molar-refractivity contribution in [1.82, 2.24) is 15.1 Å². The van der Waals surface area contributed by atoms with E-state index in [-0.39, 0.29) is 11.9 Å². The fourth-order valence-corrected chi connectivity index (χ4v) is 2.65. The number of aryl methyl sites for hydroxylation is 2. The van der Waals surface area contributed by atoms with E-state index in [1.807, 2.05) is 32.2 Å². The van der Waals surface area contributed by atoms with Crippen LogP contribution in [0.3, 0.4) is 0 Å². The number of nitrogens with zero attached hydrogens (tertiary/aromatic N) is 2. The number of carbonyl (C=O) groups is 1. The van der Waals surface area contributed by atoms with E-state index in [4.69, 9.17) is 4.74 Å². The number of thiophene rings is 1. The highest BCUT2D eigenvalue weighted by atomic mass is 32.1. The molecule has 0 saturated carbocycles. The molecule has 2 aromatic rings. The molecule has 0 bridgehead atoms. The molecule has 1 amide bonds. The molecule has 0 aromatic carbocycles. The average molecular weight is 279 g/mol. The summed E-state index contributed by atoms with van der Waals surface area (Å²) in [7, 11) is 3.46. The minimum absolute atomic E-state index is 0.0821. The predicted molar refractivity (Wildman–Crippen MR) is 74.3 cm³/mol. The number of ether oxygens (including phenoxy) is 1. The number of rotatable bonds is 5. The van der Waals surface area contributed by atoms with Crippen LogP contribution in [0.2, 0.25) is 0 Å². The normalized spacial score (nSPS) is 12.4. The third-order valence-electron chi connectivity index (χ3n) is 2.82. The van der Waals surface area contributed by atoms with Crippen LogP contribution in [0.5, 0.6) is 0 Å². The van der Waals surface area contributed by atoms with Gasteiger partial charge in [0.2, 0.25) is 0 Å². The van der Waals surface area contributed by atoms with Gasteiger partial charge in [-0.1, -0.05) is 0 Å². The summed E-state index contributed by atoms with van der Waals surface area (Å²) in [6.07, 6.45) is 1.71. The zero-order chi connectivity index (χ0) is 13.8. The minimum Gasteiger partial charge on any atom is -0.382 e. The second-order valence-corrected chi connectivity index (χ2v) is 5.56. The molecule has 0 aliphatic heterocycles. The lowest BCUT2D eigenvalue weighted by molar-refractivity contribution is 0.0896. The third kappa shape index (κ3) is 3.21. The smallest absolute Gasteiger partial charge is 0.261 e. The van der Waals surface area contributed by atoms with Crippen molar-refractivity contribution >= 4 is 17.2 Å². The van der Waals surface area contributed by atoms with Gasteiger partial charge in [-0.25, -0.2) is 0 Å². The number of methoxy groups -OCH3 is 1. The summed E-state index contributed by atoms with van der Waals surface area (Å²) in [6.45, 7) is 2.39. The number of hydrogen-bond acceptors (Lipinski definition) is 4. The van der Waals surface area contributed by atoms with Crippen molar-refractivity contribution in [3.63, 3.8) is 0 Å². The number of hydrogen-bond donors (Lipinski definition) is 1. The molecule has 102 valence electrons. The van der Waals surface area contributed by atoms with E-state index in [0.29, 0.717) is 11.5 Å². The molecule has 5 nitrogen and oxygen atoms in total. The lowest BCUT2D eigenvalue weighted by Crippen LogP contribution is -2.32. The van der Waals surface area contributed by atoms with Crippen molar-refractivity contribution in [2.75, 3.05) is 13.7 Å². The molecular formula is C13H17N3O2S. The quantitative estimate of drug-likeness (QED) is 0.909. The first-order chi connectivity index (χ1) is 9.11. The molecule has 0 spiro atoms. The molecule has 2 heterocycles. The monoisotopic (exact) mass is 279 g/mol. The SMILES string of the molecule is COC[C@@H](NC(=O)c1ccc(C)s1)c1ccnn1C. The van der Waals surface area contributed by atoms with Gasteiger partial charge in [-0.3, -0.25) is 9.48 Å². The van der Waals surface area contributed by atoms with Crippen molar-refractivity contribution in [2.45, 2.75) is 13.0 Å². The van der Waals surface area contributed by atoms with Crippen molar-refractivity contribution < 1.29 is 9.53 Å². The zero-order valence-corrected chi connectivity index (χ0v) is 12.0. The Labute approximate surface area is 116 Å². The third-order valence-corrected chi connectivity index (χ3v) is 3.82. The van der Waals surface area contributed by atoms with Gasteiger partial charge in [-0.05, 0) is 25.1 Å². The largest absolute Gasteiger partial charge is 0.382 e. The maximum Gasteiger partial charge on any atom is 0.261 e. The highest BCUT2D eigenvalue weighted by Crippen LogP contribution is 2.17. The fraction of sp³-hybridized carbons (Fsp3) is 0.385. The molecule has 2 aromatic heterocycles. The molecule has 0 aliphatic carbocycles. The molecular weight excluding hydrogens is 262 g/mol. The second kappa shape index (κ2) is 5.99. The molecule has 0 unspecified atom stereocenters. The molecule has 0 saturated heterocycles. The Bertz CT molecular complexity index is 562. The fourth-order valence-electron chi connectivity index (χ4n) is 1.88. The Balaban J connectivity index is 2.13. The number of carbonyl (C=O) groups excluding carboxylic acids is 1. The number of amides is 1. The van der Waals surface area contributed by atoms with E-state index in [2.05, 4.69) is 10.4 Å². The van der Waals surface area contributed by atoms with Crippen LogP contribution in [-0.4, -0.2) is 29.4 Å². The van der Waals surface area contributed by atoms with Crippen LogP contribution >= 0.6 is 11.3 Å². The second-order valence-electron chi connectivity index (χ2n) is 4.27. The summed E-state index contributed by atoms with van der Waals surface area (Å²) in [5, 5.41) is 7.09. The molecule has 19 heavy (non-hydrogen) atoms. The van der Waals surface area contributed by atoms with E-state index in [1.54, 1.807) is 18.0 Å². The summed E-state index contributed by atoms with van der Waals surface area (Å²) in [5.74, 6) is -0.0821. The maximum absolute atomic E-state index is 12.2. The molecule has 1 N–H and O–H groups in total. The van der Waals surface area contributed by atoms with Crippen molar-refractivity contribution in [3.8, 4) is 0 Å². The number of aromatic nitrogens is 2. The van der Waals surface area contributed by atoms with Crippen LogP contribution < -0.4 is 5.32 Å². The minimum atomic E-state index is -0.201. The van der Waals surface area contributed by atoms with Gasteiger partial charge < -0.3 is 10.1 Å². The Morgan fingerprint density at radius 2 is 2.32 bits per heavy atom. The van der Waals surface area contributed by atoms with Crippen LogP contribution in [-0.2, 0) is 11.8 Å². The summed E-state index contributed by atoms with van der Waals surface area (Å²) in [5.41, 5.74) is 0.920. The first-order valence-electron chi connectivity index (χ1n) is 5.96. The van der Waals surface area contributed by atoms with Crippen LogP contribution in [0.1, 0.15) is 26.3 Å². The van der Waals surface area contributed by atoms with Gasteiger partial charge in [-0.2, -0.15) is 5.10 Å². The highest BCUT2D eigenvalue weighted by Gasteiger charge is 2.19. The van der Waals surface area contributed by atoms with E-state index in [1.165, 1.54) is 11.3 Å². The highest BCUT2D eigenvalue weighted by molar-refractivity contribution is 7.13. The van der Waals surface area contributed by atoms with Gasteiger partial charge in [0.25, 0.3) is 5.91 Å². The van der Waals surface area contributed by atoms with Gasteiger partial charge in [-0.15, -0.1) is 11.3 Å². The summed E-state index contributed by atoms with van der Waals surface area (Å²) >= 11 is 1.48. The van der Waals surface area contributed by atoms with Crippen molar-refractivity contribution in [2.24, 2.45) is 7.05 Å². The van der Waals surface area contributed by atoms with E-state index >= 15 is 0 Å². The summed E-state index contributed by atoms with van der Waals surface area (Å²) in [4.78, 5) is 14.0. The van der Waals surface area contributed by atoms with Gasteiger partial charge in [0.15, 0.2) is 0 Å². The maximum atomic E-state index is 12.2. The molecule has 1 atom stereocenters. The Morgan fingerprint density at radius 1 is 1.53 bits per heavy atom. The Kier molecular flexibility index (Phi) is 4.34. The lowest BCUT2D eigenvalue weighted by Gasteiger charge is -2.17. The van der Waals surface area contributed by atoms with E-state index in [9.17, 15) is 4.79 Å². The summed E-state index contributed by atoms with van der Waals surface area (Å²) < 4.78 is 6.91. The van der Waals surface area contributed by atoms with Gasteiger partial charge in [0.1, 0.15) is 0 Å². The first-order valence-corrected chi connectivity index (χ1v) is 6.77. The molecule has 6 heteroatoms. The lowest BCUT2D eigenvalue weighted by atomic mass is 10.2.